The van der Waals surface area contributed by atoms with Crippen LogP contribution in [0.5, 0.6) is 0 Å². The highest BCUT2D eigenvalue weighted by Gasteiger charge is 2.21. The molecule has 1 aromatic heterocycles. The number of ether oxygens (including phenoxy) is 1. The van der Waals surface area contributed by atoms with Gasteiger partial charge in [0.25, 0.3) is 5.91 Å². The maximum Gasteiger partial charge on any atom is 0.287 e. The summed E-state index contributed by atoms with van der Waals surface area (Å²) in [7, 11) is 1.59. The molecule has 0 unspecified atom stereocenters. The summed E-state index contributed by atoms with van der Waals surface area (Å²) >= 11 is 0. The Hall–Kier alpha value is -1.04. The number of amides is 1. The van der Waals surface area contributed by atoms with Gasteiger partial charge in [0.15, 0.2) is 5.76 Å². The molecule has 1 saturated carbocycles. The monoisotopic (exact) mass is 288 g/mol. The van der Waals surface area contributed by atoms with E-state index in [9.17, 15) is 4.79 Å². The number of nitrogens with two attached hydrogens (primary N) is 1. The van der Waals surface area contributed by atoms with Crippen molar-refractivity contribution in [3.8, 4) is 0 Å². The molecule has 0 atom stereocenters. The van der Waals surface area contributed by atoms with Gasteiger partial charge < -0.3 is 20.2 Å². The van der Waals surface area contributed by atoms with Gasteiger partial charge in [-0.25, -0.2) is 0 Å². The van der Waals surface area contributed by atoms with Crippen LogP contribution in [0.3, 0.4) is 0 Å². The second-order valence-corrected chi connectivity index (χ2v) is 4.78. The smallest absolute Gasteiger partial charge is 0.287 e. The fourth-order valence-corrected chi connectivity index (χ4v) is 2.24. The third-order valence-corrected chi connectivity index (χ3v) is 3.28. The van der Waals surface area contributed by atoms with Gasteiger partial charge in [0.05, 0.1) is 0 Å². The van der Waals surface area contributed by atoms with E-state index in [1.807, 2.05) is 0 Å². The van der Waals surface area contributed by atoms with Gasteiger partial charge in [-0.3, -0.25) is 4.79 Å². The van der Waals surface area contributed by atoms with E-state index in [1.54, 1.807) is 19.2 Å². The van der Waals surface area contributed by atoms with E-state index in [0.29, 0.717) is 18.1 Å². The standard InChI is InChI=1S/C13H20N2O3.ClH/c1-17-8-11-6-7-12(18-11)13(16)15-10-4-2-9(14)3-5-10;/h6-7,9-10H,2-5,8,14H2,1H3,(H,15,16);1H. The van der Waals surface area contributed by atoms with Crippen molar-refractivity contribution in [3.05, 3.63) is 23.7 Å². The SMILES string of the molecule is COCc1ccc(C(=O)NC2CCC(N)CC2)o1.Cl. The topological polar surface area (TPSA) is 77.5 Å². The molecule has 0 bridgehead atoms. The Balaban J connectivity index is 0.00000180. The van der Waals surface area contributed by atoms with E-state index in [0.717, 1.165) is 25.7 Å². The summed E-state index contributed by atoms with van der Waals surface area (Å²) in [6.07, 6.45) is 3.83. The largest absolute Gasteiger partial charge is 0.453 e. The number of hydrogen-bond donors (Lipinski definition) is 2. The van der Waals surface area contributed by atoms with Crippen LogP contribution in [0.1, 0.15) is 42.0 Å². The van der Waals surface area contributed by atoms with Gasteiger partial charge in [-0.1, -0.05) is 0 Å². The maximum absolute atomic E-state index is 11.9. The molecular formula is C13H21ClN2O3. The maximum atomic E-state index is 11.9. The number of rotatable bonds is 4. The van der Waals surface area contributed by atoms with Crippen molar-refractivity contribution in [2.75, 3.05) is 7.11 Å². The molecule has 1 fully saturated rings. The fraction of sp³-hybridized carbons (Fsp3) is 0.615. The van der Waals surface area contributed by atoms with Crippen molar-refractivity contribution in [1.29, 1.82) is 0 Å². The highest BCUT2D eigenvalue weighted by molar-refractivity contribution is 5.91. The van der Waals surface area contributed by atoms with Gasteiger partial charge in [-0.15, -0.1) is 12.4 Å². The third-order valence-electron chi connectivity index (χ3n) is 3.28. The van der Waals surface area contributed by atoms with Crippen LogP contribution in [0.15, 0.2) is 16.5 Å². The van der Waals surface area contributed by atoms with Gasteiger partial charge in [0.1, 0.15) is 12.4 Å². The molecule has 3 N–H and O–H groups in total. The highest BCUT2D eigenvalue weighted by atomic mass is 35.5. The predicted octanol–water partition coefficient (Wildman–Crippen LogP) is 1.85. The van der Waals surface area contributed by atoms with Crippen molar-refractivity contribution in [2.24, 2.45) is 5.73 Å². The zero-order chi connectivity index (χ0) is 13.0. The molecule has 1 aliphatic rings. The molecule has 0 radical (unpaired) electrons. The van der Waals surface area contributed by atoms with E-state index in [2.05, 4.69) is 5.32 Å². The Labute approximate surface area is 119 Å². The molecule has 6 heteroatoms. The van der Waals surface area contributed by atoms with Crippen molar-refractivity contribution >= 4 is 18.3 Å². The van der Waals surface area contributed by atoms with Gasteiger partial charge in [0.2, 0.25) is 0 Å². The molecule has 1 heterocycles. The molecule has 1 aliphatic carbocycles. The molecule has 0 saturated heterocycles. The Morgan fingerprint density at radius 1 is 1.42 bits per heavy atom. The van der Waals surface area contributed by atoms with Crippen molar-refractivity contribution in [2.45, 2.75) is 44.4 Å². The first-order chi connectivity index (χ1) is 8.69. The van der Waals surface area contributed by atoms with Crippen LogP contribution >= 0.6 is 12.4 Å². The highest BCUT2D eigenvalue weighted by Crippen LogP contribution is 2.18. The molecule has 108 valence electrons. The fourth-order valence-electron chi connectivity index (χ4n) is 2.24. The summed E-state index contributed by atoms with van der Waals surface area (Å²) in [4.78, 5) is 11.9. The van der Waals surface area contributed by atoms with Crippen LogP contribution in [0.25, 0.3) is 0 Å². The zero-order valence-electron chi connectivity index (χ0n) is 11.1. The summed E-state index contributed by atoms with van der Waals surface area (Å²) in [5.41, 5.74) is 5.83. The van der Waals surface area contributed by atoms with Gasteiger partial charge in [0, 0.05) is 19.2 Å². The molecule has 1 aromatic rings. The van der Waals surface area contributed by atoms with E-state index in [-0.39, 0.29) is 30.4 Å². The number of methoxy groups -OCH3 is 1. The van der Waals surface area contributed by atoms with Crippen molar-refractivity contribution in [3.63, 3.8) is 0 Å². The normalized spacial score (nSPS) is 22.6. The van der Waals surface area contributed by atoms with Crippen molar-refractivity contribution < 1.29 is 13.9 Å². The number of halogens is 1. The molecule has 2 rings (SSSR count). The summed E-state index contributed by atoms with van der Waals surface area (Å²) in [5.74, 6) is 0.850. The van der Waals surface area contributed by atoms with E-state index in [1.165, 1.54) is 0 Å². The Morgan fingerprint density at radius 3 is 2.74 bits per heavy atom. The summed E-state index contributed by atoms with van der Waals surface area (Å²) in [5, 5.41) is 2.98. The first kappa shape index (κ1) is 16.0. The lowest BCUT2D eigenvalue weighted by Gasteiger charge is -2.26. The predicted molar refractivity (Wildman–Crippen MR) is 74.4 cm³/mol. The quantitative estimate of drug-likeness (QED) is 0.886. The number of nitrogens with one attached hydrogen (secondary N) is 1. The van der Waals surface area contributed by atoms with Gasteiger partial charge in [-0.05, 0) is 37.8 Å². The molecular weight excluding hydrogens is 268 g/mol. The number of carbonyl (C=O) groups excluding carboxylic acids is 1. The van der Waals surface area contributed by atoms with Crippen molar-refractivity contribution in [1.82, 2.24) is 5.32 Å². The van der Waals surface area contributed by atoms with E-state index >= 15 is 0 Å². The minimum Gasteiger partial charge on any atom is -0.453 e. The summed E-state index contributed by atoms with van der Waals surface area (Å²) in [6.45, 7) is 0.381. The average Bonchev–Trinajstić information content (AvgIpc) is 2.81. The molecule has 19 heavy (non-hydrogen) atoms. The molecule has 0 aliphatic heterocycles. The molecule has 5 nitrogen and oxygen atoms in total. The Bertz CT molecular complexity index is 400. The van der Waals surface area contributed by atoms with Gasteiger partial charge in [-0.2, -0.15) is 0 Å². The minimum atomic E-state index is -0.155. The Morgan fingerprint density at radius 2 is 2.11 bits per heavy atom. The first-order valence-electron chi connectivity index (χ1n) is 6.33. The van der Waals surface area contributed by atoms with Crippen LogP contribution in [-0.4, -0.2) is 25.1 Å². The number of carbonyl (C=O) groups is 1. The molecule has 0 spiro atoms. The molecule has 1 amide bonds. The van der Waals surface area contributed by atoms with E-state index in [4.69, 9.17) is 14.9 Å². The first-order valence-corrected chi connectivity index (χ1v) is 6.33. The number of hydrogen-bond acceptors (Lipinski definition) is 4. The lowest BCUT2D eigenvalue weighted by molar-refractivity contribution is 0.0889. The average molecular weight is 289 g/mol. The third kappa shape index (κ3) is 4.53. The van der Waals surface area contributed by atoms with Crippen LogP contribution in [0.2, 0.25) is 0 Å². The summed E-state index contributed by atoms with van der Waals surface area (Å²) in [6, 6.07) is 3.94. The second-order valence-electron chi connectivity index (χ2n) is 4.78. The molecule has 0 aromatic carbocycles. The van der Waals surface area contributed by atoms with Crippen LogP contribution in [0.4, 0.5) is 0 Å². The summed E-state index contributed by atoms with van der Waals surface area (Å²) < 4.78 is 10.3. The number of furan rings is 1. The lowest BCUT2D eigenvalue weighted by Crippen LogP contribution is -2.40. The second kappa shape index (κ2) is 7.53. The lowest BCUT2D eigenvalue weighted by atomic mass is 9.92. The van der Waals surface area contributed by atoms with Crippen LogP contribution in [0, 0.1) is 0 Å². The minimum absolute atomic E-state index is 0. The Kier molecular flexibility index (Phi) is 6.34. The van der Waals surface area contributed by atoms with Crippen LogP contribution < -0.4 is 11.1 Å². The van der Waals surface area contributed by atoms with E-state index < -0.39 is 0 Å². The zero-order valence-corrected chi connectivity index (χ0v) is 11.9. The van der Waals surface area contributed by atoms with Gasteiger partial charge >= 0.3 is 0 Å². The van der Waals surface area contributed by atoms with Crippen LogP contribution in [-0.2, 0) is 11.3 Å².